The van der Waals surface area contributed by atoms with Crippen molar-refractivity contribution in [2.24, 2.45) is 0 Å². The van der Waals surface area contributed by atoms with Gasteiger partial charge >= 0.3 is 162 Å². The van der Waals surface area contributed by atoms with Crippen molar-refractivity contribution < 1.29 is 17.4 Å². The van der Waals surface area contributed by atoms with Gasteiger partial charge in [-0.3, -0.25) is 0 Å². The molecule has 150 valence electrons. The molecule has 4 rings (SSSR count). The summed E-state index contributed by atoms with van der Waals surface area (Å²) >= 11 is -3.27. The summed E-state index contributed by atoms with van der Waals surface area (Å²) in [5, 5.41) is 0. The molecule has 0 radical (unpaired) electrons. The van der Waals surface area contributed by atoms with E-state index in [2.05, 4.69) is 95.3 Å². The first-order valence-corrected chi connectivity index (χ1v) is 22.3. The van der Waals surface area contributed by atoms with Crippen LogP contribution in [-0.4, -0.2) is 6.88 Å². The number of allylic oxidation sites excluding steroid dienone is 2. The number of halogens is 2. The number of hydrogen-bond donors (Lipinski definition) is 0. The summed E-state index contributed by atoms with van der Waals surface area (Å²) in [6.07, 6.45) is 4.96. The van der Waals surface area contributed by atoms with E-state index in [4.69, 9.17) is 0 Å². The monoisotopic (exact) mass is 596 g/mol. The Morgan fingerprint density at radius 1 is 0.714 bits per heavy atom. The molecule has 0 fully saturated rings. The summed E-state index contributed by atoms with van der Waals surface area (Å²) in [4.78, 5) is 0. The van der Waals surface area contributed by atoms with Crippen molar-refractivity contribution in [2.75, 3.05) is 0 Å². The standard InChI is InChI=1S/2C10H9.2C2H5.2BrH.H2Si.Zr/c2*1-8-6-9-4-2-3-5-10(9)7-8;2*1-2;;;;/h2*2-7H,1H3;2*1H2,2H3;2*1H;1H2;. The van der Waals surface area contributed by atoms with Gasteiger partial charge < -0.3 is 0 Å². The van der Waals surface area contributed by atoms with Gasteiger partial charge in [0.05, 0.1) is 0 Å². The van der Waals surface area contributed by atoms with Gasteiger partial charge in [-0.25, -0.2) is 0 Å². The van der Waals surface area contributed by atoms with Crippen LogP contribution < -0.4 is 0 Å². The van der Waals surface area contributed by atoms with E-state index in [1.807, 2.05) is 0 Å². The number of fused-ring (bicyclic) bond motifs is 2. The van der Waals surface area contributed by atoms with Crippen molar-refractivity contribution in [3.8, 4) is 0 Å². The molecule has 0 amide bonds. The fourth-order valence-electron chi connectivity index (χ4n) is 6.26. The van der Waals surface area contributed by atoms with E-state index in [0.29, 0.717) is 7.25 Å². The molecule has 2 aliphatic rings. The van der Waals surface area contributed by atoms with Crippen LogP contribution in [0.15, 0.2) is 59.7 Å². The molecule has 0 spiro atoms. The molecule has 4 heteroatoms. The van der Waals surface area contributed by atoms with Gasteiger partial charge in [0.15, 0.2) is 0 Å². The Labute approximate surface area is 193 Å². The summed E-state index contributed by atoms with van der Waals surface area (Å²) in [6.45, 7) is 12.3. The Morgan fingerprint density at radius 2 is 1.07 bits per heavy atom. The fourth-order valence-corrected chi connectivity index (χ4v) is 30.6. The molecule has 0 saturated heterocycles. The third-order valence-corrected chi connectivity index (χ3v) is 38.8. The Hall–Kier alpha value is -0.0200. The van der Waals surface area contributed by atoms with Crippen LogP contribution in [0.1, 0.15) is 57.2 Å². The van der Waals surface area contributed by atoms with Gasteiger partial charge in [-0.2, -0.15) is 0 Å². The molecule has 2 aliphatic carbocycles. The Kier molecular flexibility index (Phi) is 7.46. The van der Waals surface area contributed by atoms with Crippen LogP contribution in [0.25, 0.3) is 12.2 Å². The Morgan fingerprint density at radius 3 is 1.43 bits per heavy atom. The number of rotatable bonds is 4. The SMILES string of the molecule is Br.Br.C[CH2][Zr](=[SiH2])([CH2]C)([CH]1C(C)=Cc2ccccc21)[CH]1C(C)=Cc2ccccc21. The van der Waals surface area contributed by atoms with E-state index in [9.17, 15) is 0 Å². The molecule has 2 unspecified atom stereocenters. The normalized spacial score (nSPS) is 20.3. The molecular weight excluding hydrogens is 567 g/mol. The minimum atomic E-state index is -3.27. The van der Waals surface area contributed by atoms with Crippen LogP contribution in [0.4, 0.5) is 0 Å². The summed E-state index contributed by atoms with van der Waals surface area (Å²) in [7, 11) is 0. The molecule has 0 bridgehead atoms. The van der Waals surface area contributed by atoms with Crippen LogP contribution in [-0.2, 0) is 17.4 Å². The van der Waals surface area contributed by atoms with Crippen LogP contribution >= 0.6 is 34.0 Å². The summed E-state index contributed by atoms with van der Waals surface area (Å²) in [6, 6.07) is 18.4. The maximum absolute atomic E-state index is 3.27. The zero-order valence-electron chi connectivity index (χ0n) is 17.4. The minimum absolute atomic E-state index is 0. The van der Waals surface area contributed by atoms with Crippen molar-refractivity contribution in [1.29, 1.82) is 0 Å². The second-order valence-corrected chi connectivity index (χ2v) is 36.3. The molecule has 2 atom stereocenters. The second kappa shape index (κ2) is 8.61. The van der Waals surface area contributed by atoms with Gasteiger partial charge in [0.1, 0.15) is 0 Å². The molecule has 2 aromatic carbocycles. The molecular formula is C24H32Br2SiZr. The van der Waals surface area contributed by atoms with E-state index in [-0.39, 0.29) is 34.0 Å². The third-order valence-electron chi connectivity index (χ3n) is 7.67. The summed E-state index contributed by atoms with van der Waals surface area (Å²) in [5.74, 6) is 0. The van der Waals surface area contributed by atoms with Crippen LogP contribution in [0.5, 0.6) is 0 Å². The first-order valence-electron chi connectivity index (χ1n) is 10.0. The molecule has 0 N–H and O–H groups in total. The third kappa shape index (κ3) is 3.31. The molecule has 2 aromatic rings. The first kappa shape index (κ1) is 24.3. The predicted molar refractivity (Wildman–Crippen MR) is 136 cm³/mol. The van der Waals surface area contributed by atoms with Crippen LogP contribution in [0.2, 0.25) is 8.26 Å². The molecule has 0 aromatic heterocycles. The van der Waals surface area contributed by atoms with E-state index >= 15 is 0 Å². The van der Waals surface area contributed by atoms with Crippen molar-refractivity contribution in [3.63, 3.8) is 0 Å². The quantitative estimate of drug-likeness (QED) is 0.318. The Balaban J connectivity index is 0.00000140. The topological polar surface area (TPSA) is 0 Å². The van der Waals surface area contributed by atoms with Gasteiger partial charge in [0, 0.05) is 0 Å². The Bertz CT molecular complexity index is 937. The first-order chi connectivity index (χ1) is 12.4. The van der Waals surface area contributed by atoms with Crippen molar-refractivity contribution in [1.82, 2.24) is 0 Å². The average molecular weight is 600 g/mol. The van der Waals surface area contributed by atoms with E-state index < -0.39 is 17.4 Å². The van der Waals surface area contributed by atoms with Crippen molar-refractivity contribution in [3.05, 3.63) is 81.9 Å². The predicted octanol–water partition coefficient (Wildman–Crippen LogP) is 7.57. The summed E-state index contributed by atoms with van der Waals surface area (Å²) in [5.41, 5.74) is 9.41. The molecule has 28 heavy (non-hydrogen) atoms. The van der Waals surface area contributed by atoms with Gasteiger partial charge in [-0.1, -0.05) is 0 Å². The van der Waals surface area contributed by atoms with E-state index in [1.165, 1.54) is 19.4 Å². The molecule has 0 nitrogen and oxygen atoms in total. The molecule has 0 saturated carbocycles. The van der Waals surface area contributed by atoms with Gasteiger partial charge in [-0.15, -0.1) is 34.0 Å². The fraction of sp³-hybridized carbons (Fsp3) is 0.333. The van der Waals surface area contributed by atoms with Crippen molar-refractivity contribution >= 4 is 53.0 Å². The van der Waals surface area contributed by atoms with Gasteiger partial charge in [0.25, 0.3) is 0 Å². The molecule has 0 aliphatic heterocycles. The van der Waals surface area contributed by atoms with E-state index in [0.717, 1.165) is 0 Å². The van der Waals surface area contributed by atoms with Gasteiger partial charge in [-0.05, 0) is 0 Å². The molecule has 0 heterocycles. The van der Waals surface area contributed by atoms with Crippen molar-refractivity contribution in [2.45, 2.75) is 43.2 Å². The zero-order valence-corrected chi connectivity index (χ0v) is 24.7. The van der Waals surface area contributed by atoms with E-state index in [1.54, 1.807) is 22.3 Å². The zero-order chi connectivity index (χ0) is 18.6. The van der Waals surface area contributed by atoms with Crippen LogP contribution in [0, 0.1) is 0 Å². The van der Waals surface area contributed by atoms with Gasteiger partial charge in [0.2, 0.25) is 0 Å². The maximum atomic E-state index is 2.50. The summed E-state index contributed by atoms with van der Waals surface area (Å²) < 4.78 is 4.12. The second-order valence-electron chi connectivity index (χ2n) is 8.75. The number of hydrogen-bond acceptors (Lipinski definition) is 0. The van der Waals surface area contributed by atoms with Crippen LogP contribution in [0.3, 0.4) is 0 Å². The average Bonchev–Trinajstić information content (AvgIpc) is 3.17. The number of benzene rings is 2.